The van der Waals surface area contributed by atoms with Gasteiger partial charge in [-0.05, 0) is 37.2 Å². The molecule has 0 spiro atoms. The van der Waals surface area contributed by atoms with Crippen LogP contribution in [0.25, 0.3) is 0 Å². The first kappa shape index (κ1) is 22.1. The number of likely N-dealkylation sites (N-methyl/N-ethyl adjacent to an activating group) is 1. The first-order valence-electron chi connectivity index (χ1n) is 9.31. The number of carbonyl (C=O) groups is 1. The van der Waals surface area contributed by atoms with Crippen LogP contribution in [0, 0.1) is 0 Å². The van der Waals surface area contributed by atoms with Crippen LogP contribution in [0.5, 0.6) is 0 Å². The van der Waals surface area contributed by atoms with Crippen molar-refractivity contribution in [1.82, 2.24) is 10.2 Å². The van der Waals surface area contributed by atoms with E-state index in [0.29, 0.717) is 18.6 Å². The molecule has 2 atom stereocenters. The quantitative estimate of drug-likeness (QED) is 0.700. The summed E-state index contributed by atoms with van der Waals surface area (Å²) in [6.45, 7) is 0.414. The predicted molar refractivity (Wildman–Crippen MR) is 99.0 cm³/mol. The highest BCUT2D eigenvalue weighted by Crippen LogP contribution is 2.37. The van der Waals surface area contributed by atoms with E-state index in [-0.39, 0.29) is 31.1 Å². The standard InChI is InChI=1S/C21H20F6N2O/c1-28-18-7-8-29(12-17(18)13-5-3-2-4-6-13)19(30)14-9-15(20(22,23)24)11-16(10-14)21(25,26)27/h2-6,9-11,17-18,28H,7-8,12H2,1H3/t17-,18-/m1/s1. The van der Waals surface area contributed by atoms with Crippen molar-refractivity contribution in [3.05, 3.63) is 70.8 Å². The van der Waals surface area contributed by atoms with Crippen LogP contribution in [0.15, 0.2) is 48.5 Å². The Labute approximate surface area is 169 Å². The summed E-state index contributed by atoms with van der Waals surface area (Å²) < 4.78 is 78.7. The summed E-state index contributed by atoms with van der Waals surface area (Å²) in [4.78, 5) is 14.2. The molecule has 0 aliphatic carbocycles. The molecule has 2 aromatic rings. The number of piperidine rings is 1. The number of halogens is 6. The minimum absolute atomic E-state index is 0.0246. The highest BCUT2D eigenvalue weighted by atomic mass is 19.4. The maximum absolute atomic E-state index is 13.1. The van der Waals surface area contributed by atoms with Crippen LogP contribution in [0.3, 0.4) is 0 Å². The molecule has 0 radical (unpaired) electrons. The molecule has 3 nitrogen and oxygen atoms in total. The SMILES string of the molecule is CN[C@@H]1CCN(C(=O)c2cc(C(F)(F)F)cc(C(F)(F)F)c2)C[C@@H]1c1ccccc1. The molecule has 1 aliphatic rings. The Balaban J connectivity index is 1.94. The van der Waals surface area contributed by atoms with Crippen molar-refractivity contribution in [1.29, 1.82) is 0 Å². The van der Waals surface area contributed by atoms with Crippen molar-refractivity contribution in [3.63, 3.8) is 0 Å². The number of benzene rings is 2. The van der Waals surface area contributed by atoms with E-state index in [1.807, 2.05) is 30.3 Å². The van der Waals surface area contributed by atoms with Crippen molar-refractivity contribution in [2.24, 2.45) is 0 Å². The molecule has 1 heterocycles. The lowest BCUT2D eigenvalue weighted by Crippen LogP contribution is -2.49. The number of carbonyl (C=O) groups excluding carboxylic acids is 1. The number of amides is 1. The van der Waals surface area contributed by atoms with Gasteiger partial charge in [0.2, 0.25) is 0 Å². The van der Waals surface area contributed by atoms with E-state index in [0.717, 1.165) is 5.56 Å². The Hall–Kier alpha value is -2.55. The summed E-state index contributed by atoms with van der Waals surface area (Å²) in [5.74, 6) is -0.983. The lowest BCUT2D eigenvalue weighted by molar-refractivity contribution is -0.143. The predicted octanol–water partition coefficient (Wildman–Crippen LogP) is 4.94. The highest BCUT2D eigenvalue weighted by Gasteiger charge is 2.39. The van der Waals surface area contributed by atoms with Gasteiger partial charge in [-0.2, -0.15) is 26.3 Å². The number of nitrogens with one attached hydrogen (secondary N) is 1. The van der Waals surface area contributed by atoms with Crippen LogP contribution >= 0.6 is 0 Å². The average molecular weight is 430 g/mol. The molecule has 0 unspecified atom stereocenters. The Morgan fingerprint density at radius 1 is 0.967 bits per heavy atom. The summed E-state index contributed by atoms with van der Waals surface area (Å²) in [6.07, 6.45) is -9.48. The van der Waals surface area contributed by atoms with E-state index in [2.05, 4.69) is 5.32 Å². The molecule has 162 valence electrons. The molecule has 1 amide bonds. The van der Waals surface area contributed by atoms with Gasteiger partial charge in [-0.1, -0.05) is 30.3 Å². The fourth-order valence-electron chi connectivity index (χ4n) is 3.78. The van der Waals surface area contributed by atoms with Gasteiger partial charge < -0.3 is 10.2 Å². The number of hydrogen-bond acceptors (Lipinski definition) is 2. The zero-order valence-corrected chi connectivity index (χ0v) is 16.0. The van der Waals surface area contributed by atoms with Gasteiger partial charge in [0.15, 0.2) is 0 Å². The average Bonchev–Trinajstić information content (AvgIpc) is 2.71. The molecule has 1 fully saturated rings. The summed E-state index contributed by atoms with van der Waals surface area (Å²) >= 11 is 0. The first-order valence-corrected chi connectivity index (χ1v) is 9.31. The van der Waals surface area contributed by atoms with E-state index in [9.17, 15) is 31.1 Å². The third-order valence-electron chi connectivity index (χ3n) is 5.33. The Morgan fingerprint density at radius 2 is 1.53 bits per heavy atom. The largest absolute Gasteiger partial charge is 0.416 e. The van der Waals surface area contributed by atoms with Crippen molar-refractivity contribution < 1.29 is 31.1 Å². The van der Waals surface area contributed by atoms with Crippen molar-refractivity contribution >= 4 is 5.91 Å². The Bertz CT molecular complexity index is 862. The zero-order valence-electron chi connectivity index (χ0n) is 16.0. The molecule has 2 aromatic carbocycles. The van der Waals surface area contributed by atoms with E-state index >= 15 is 0 Å². The third-order valence-corrected chi connectivity index (χ3v) is 5.33. The van der Waals surface area contributed by atoms with Crippen LogP contribution < -0.4 is 5.32 Å². The third kappa shape index (κ3) is 4.77. The normalized spacial score (nSPS) is 20.3. The number of likely N-dealkylation sites (tertiary alicyclic amines) is 1. The molecule has 1 N–H and O–H groups in total. The molecule has 1 saturated heterocycles. The number of nitrogens with zero attached hydrogens (tertiary/aromatic N) is 1. The van der Waals surface area contributed by atoms with Gasteiger partial charge in [-0.25, -0.2) is 0 Å². The number of hydrogen-bond donors (Lipinski definition) is 1. The second-order valence-corrected chi connectivity index (χ2v) is 7.25. The summed E-state index contributed by atoms with van der Waals surface area (Å²) in [5.41, 5.74) is -2.67. The summed E-state index contributed by atoms with van der Waals surface area (Å²) in [5, 5.41) is 3.17. The van der Waals surface area contributed by atoms with Crippen LogP contribution in [0.1, 0.15) is 39.4 Å². The molecule has 3 rings (SSSR count). The number of alkyl halides is 6. The van der Waals surface area contributed by atoms with Gasteiger partial charge in [0.25, 0.3) is 5.91 Å². The molecule has 0 bridgehead atoms. The maximum Gasteiger partial charge on any atom is 0.416 e. The minimum atomic E-state index is -5.00. The lowest BCUT2D eigenvalue weighted by Gasteiger charge is -2.39. The van der Waals surface area contributed by atoms with Gasteiger partial charge >= 0.3 is 12.4 Å². The highest BCUT2D eigenvalue weighted by molar-refractivity contribution is 5.95. The molecule has 0 saturated carbocycles. The minimum Gasteiger partial charge on any atom is -0.338 e. The molecule has 30 heavy (non-hydrogen) atoms. The molecule has 1 aliphatic heterocycles. The second kappa shape index (κ2) is 8.29. The monoisotopic (exact) mass is 430 g/mol. The molecule has 0 aromatic heterocycles. The smallest absolute Gasteiger partial charge is 0.338 e. The maximum atomic E-state index is 13.1. The molecular weight excluding hydrogens is 410 g/mol. The van der Waals surface area contributed by atoms with Crippen molar-refractivity contribution in [2.75, 3.05) is 20.1 Å². The van der Waals surface area contributed by atoms with Crippen LogP contribution in [-0.4, -0.2) is 37.0 Å². The van der Waals surface area contributed by atoms with E-state index in [4.69, 9.17) is 0 Å². The van der Waals surface area contributed by atoms with E-state index in [1.165, 1.54) is 4.90 Å². The van der Waals surface area contributed by atoms with Gasteiger partial charge in [0.05, 0.1) is 11.1 Å². The second-order valence-electron chi connectivity index (χ2n) is 7.25. The molecular formula is C21H20F6N2O. The Morgan fingerprint density at radius 3 is 2.03 bits per heavy atom. The van der Waals surface area contributed by atoms with Crippen molar-refractivity contribution in [3.8, 4) is 0 Å². The van der Waals surface area contributed by atoms with Crippen LogP contribution in [0.4, 0.5) is 26.3 Å². The van der Waals surface area contributed by atoms with E-state index in [1.54, 1.807) is 7.05 Å². The van der Waals surface area contributed by atoms with Gasteiger partial charge in [-0.3, -0.25) is 4.79 Å². The fourth-order valence-corrected chi connectivity index (χ4v) is 3.78. The lowest BCUT2D eigenvalue weighted by atomic mass is 9.85. The van der Waals surface area contributed by atoms with E-state index < -0.39 is 35.0 Å². The van der Waals surface area contributed by atoms with Gasteiger partial charge in [-0.15, -0.1) is 0 Å². The van der Waals surface area contributed by atoms with Crippen LogP contribution in [-0.2, 0) is 12.4 Å². The fraction of sp³-hybridized carbons (Fsp3) is 0.381. The number of rotatable bonds is 3. The van der Waals surface area contributed by atoms with Crippen molar-refractivity contribution in [2.45, 2.75) is 30.7 Å². The Kier molecular flexibility index (Phi) is 6.12. The zero-order chi connectivity index (χ0) is 22.1. The van der Waals surface area contributed by atoms with Crippen LogP contribution in [0.2, 0.25) is 0 Å². The summed E-state index contributed by atoms with van der Waals surface area (Å²) in [6, 6.07) is 10.3. The van der Waals surface area contributed by atoms with Gasteiger partial charge in [0, 0.05) is 30.6 Å². The van der Waals surface area contributed by atoms with Gasteiger partial charge in [0.1, 0.15) is 0 Å². The summed E-state index contributed by atoms with van der Waals surface area (Å²) in [7, 11) is 1.78. The topological polar surface area (TPSA) is 32.3 Å². The first-order chi connectivity index (χ1) is 14.0. The molecule has 9 heteroatoms.